The molecule has 41 heteroatoms. The average molecular weight is 1370 g/mol. The van der Waals surface area contributed by atoms with Crippen LogP contribution in [0.5, 0.6) is 0 Å². The Hall–Kier alpha value is -2.54. The fourth-order valence-corrected chi connectivity index (χ4v) is 12.1. The van der Waals surface area contributed by atoms with Crippen molar-refractivity contribution in [1.29, 1.82) is 0 Å². The highest BCUT2D eigenvalue weighted by atomic mass is 16.8. The number of carbonyl (C=O) groups is 2. The summed E-state index contributed by atoms with van der Waals surface area (Å²) in [5, 5.41) is 244. The number of carbonyl (C=O) groups excluding carboxylic acids is 2. The van der Waals surface area contributed by atoms with Gasteiger partial charge in [-0.05, 0) is 13.8 Å². The summed E-state index contributed by atoms with van der Waals surface area (Å²) in [5.74, 6) is -1.88. The summed E-state index contributed by atoms with van der Waals surface area (Å²) in [6.07, 6.45) is -75.0. The number of aliphatic hydroxyl groups is 22. The summed E-state index contributed by atoms with van der Waals surface area (Å²) < 4.78 is 89.1. The van der Waals surface area contributed by atoms with Crippen LogP contribution in [0.25, 0.3) is 0 Å². The third-order valence-electron chi connectivity index (χ3n) is 17.4. The average Bonchev–Trinajstić information content (AvgIpc) is 0.782. The van der Waals surface area contributed by atoms with E-state index < -0.39 is 297 Å². The highest BCUT2D eigenvalue weighted by molar-refractivity contribution is 5.73. The van der Waals surface area contributed by atoms with Crippen LogP contribution in [0.4, 0.5) is 0 Å². The molecular weight excluding hydrogens is 1280 g/mol. The molecule has 24 N–H and O–H groups in total. The van der Waals surface area contributed by atoms with Gasteiger partial charge in [0.25, 0.3) is 0 Å². The summed E-state index contributed by atoms with van der Waals surface area (Å²) in [6, 6.07) is -3.80. The fraction of sp³-hybridized carbons (Fsp3) is 0.962. The predicted octanol–water partition coefficient (Wildman–Crippen LogP) is -16.1. The summed E-state index contributed by atoms with van der Waals surface area (Å²) in [4.78, 5) is 26.5. The Labute approximate surface area is 527 Å². The van der Waals surface area contributed by atoms with E-state index in [0.29, 0.717) is 0 Å². The maximum Gasteiger partial charge on any atom is 0.217 e. The lowest BCUT2D eigenvalue weighted by molar-refractivity contribution is -0.394. The maximum absolute atomic E-state index is 13.3. The monoisotopic (exact) mass is 1360 g/mol. The van der Waals surface area contributed by atoms with Crippen molar-refractivity contribution in [3.05, 3.63) is 0 Å². The summed E-state index contributed by atoms with van der Waals surface area (Å²) in [6.45, 7) is -1.86. The molecule has 8 saturated heterocycles. The molecule has 540 valence electrons. The normalized spacial score (nSPS) is 51.6. The standard InChI is InChI=1S/C52H88N2O39/c1-11-23(62)28(67)34(73)48(80-11)91-42-21(53-13(3)60)46(85-18(8-58)40(42)89-50-36(75)30(69)25(64)15(5-55)83-50)79-10-20-27(66)44(38(77)52(87-20)88-39-17(7-57)82-45(78)33(72)32(39)71)93-47-22(54-14(4)61)43(92-49-35(74)29(68)24(63)12(2)81-49)41(19(9-59)86-47)90-51-37(76)31(70)26(65)16(6-56)84-51/h11-12,15-52,55-59,62-78H,5-10H2,1-4H3,(H,53,60)(H,54,61)/t11?,12?,15?,16?,17?,18?,19?,20?,21?,22?,23-,24-,25+,26+,27+,28+,29+,30+,31+,32-,33?,34?,35?,36?,37?,38?,39-,40-,41-,42-,43-,44+,45-,46-,47+,48+,49+,50+,51+,52+/m1/s1. The van der Waals surface area contributed by atoms with Gasteiger partial charge in [0, 0.05) is 13.8 Å². The van der Waals surface area contributed by atoms with Gasteiger partial charge in [-0.3, -0.25) is 9.59 Å². The van der Waals surface area contributed by atoms with E-state index in [1.54, 1.807) is 0 Å². The van der Waals surface area contributed by atoms with Crippen LogP contribution >= 0.6 is 0 Å². The van der Waals surface area contributed by atoms with Crippen LogP contribution in [0, 0.1) is 0 Å². The zero-order valence-corrected chi connectivity index (χ0v) is 50.1. The van der Waals surface area contributed by atoms with Crippen LogP contribution in [0.15, 0.2) is 0 Å². The van der Waals surface area contributed by atoms with Crippen molar-refractivity contribution in [3.8, 4) is 0 Å². The summed E-state index contributed by atoms with van der Waals surface area (Å²) in [5.41, 5.74) is 0. The molecule has 8 aliphatic heterocycles. The lowest BCUT2D eigenvalue weighted by Gasteiger charge is -2.52. The zero-order valence-electron chi connectivity index (χ0n) is 50.1. The molecule has 16 unspecified atom stereocenters. The molecule has 2 amide bonds. The van der Waals surface area contributed by atoms with Crippen LogP contribution in [-0.2, 0) is 80.6 Å². The van der Waals surface area contributed by atoms with Gasteiger partial charge in [0.05, 0.1) is 51.8 Å². The molecule has 40 atom stereocenters. The zero-order chi connectivity index (χ0) is 68.5. The Morgan fingerprint density at radius 3 is 1.04 bits per heavy atom. The summed E-state index contributed by atoms with van der Waals surface area (Å²) in [7, 11) is 0. The number of nitrogens with one attached hydrogen (secondary N) is 2. The first-order chi connectivity index (χ1) is 43.9. The Morgan fingerprint density at radius 2 is 0.624 bits per heavy atom. The van der Waals surface area contributed by atoms with Gasteiger partial charge in [0.15, 0.2) is 50.3 Å². The van der Waals surface area contributed by atoms with E-state index in [0.717, 1.165) is 13.8 Å². The third kappa shape index (κ3) is 16.4. The van der Waals surface area contributed by atoms with E-state index in [9.17, 15) is 122 Å². The highest BCUT2D eigenvalue weighted by Crippen LogP contribution is 2.39. The first kappa shape index (κ1) is 76.2. The lowest BCUT2D eigenvalue weighted by atomic mass is 9.93. The second-order valence-corrected chi connectivity index (χ2v) is 23.9. The Bertz CT molecular complexity index is 2350. The number of amides is 2. The lowest BCUT2D eigenvalue weighted by Crippen LogP contribution is -2.71. The van der Waals surface area contributed by atoms with Crippen LogP contribution < -0.4 is 10.6 Å². The van der Waals surface area contributed by atoms with Crippen molar-refractivity contribution in [2.24, 2.45) is 0 Å². The van der Waals surface area contributed by atoms with Crippen LogP contribution in [0.3, 0.4) is 0 Å². The topological polar surface area (TPSA) is 642 Å². The molecular formula is C52H88N2O39. The maximum atomic E-state index is 13.3. The number of ether oxygens (including phenoxy) is 15. The SMILES string of the molecule is CC(=O)NC1[C@H](OCC2O[C@@H](O[C@@H]3C(CO)O[C@@H](O)C(O)[C@H]3O)C(O)[C@@H](O[C@@H]3OC(CO)[C@@H](O[C@@H]4OC(CO)[C@H](O)[C@H](O)C4O)[C@H](O[C@@H]4OC(C)[C@@H](O)[C@H](O)C4O)C3NC(C)=O)[C@H]2O)OC(CO)[C@@H](O[C@@H]2OC(CO)[C@H](O)[C@H](O)C2O)[C@@H]1O[C@@H]1OC(C)[C@@H](O)[C@H](O)C1O. The van der Waals surface area contributed by atoms with Gasteiger partial charge < -0.3 is 194 Å². The minimum absolute atomic E-state index is 0.912. The number of hydrogen-bond acceptors (Lipinski definition) is 39. The molecule has 0 saturated carbocycles. The van der Waals surface area contributed by atoms with E-state index >= 15 is 0 Å². The molecule has 0 spiro atoms. The van der Waals surface area contributed by atoms with E-state index in [2.05, 4.69) is 10.6 Å². The van der Waals surface area contributed by atoms with Crippen molar-refractivity contribution in [2.45, 2.75) is 273 Å². The molecule has 8 aliphatic rings. The van der Waals surface area contributed by atoms with Crippen molar-refractivity contribution < 1.29 is 193 Å². The molecule has 0 aliphatic carbocycles. The van der Waals surface area contributed by atoms with Crippen molar-refractivity contribution in [3.63, 3.8) is 0 Å². The van der Waals surface area contributed by atoms with Gasteiger partial charge in [-0.15, -0.1) is 0 Å². The molecule has 8 fully saturated rings. The van der Waals surface area contributed by atoms with Crippen molar-refractivity contribution in [1.82, 2.24) is 10.6 Å². The van der Waals surface area contributed by atoms with Crippen molar-refractivity contribution in [2.75, 3.05) is 39.6 Å². The smallest absolute Gasteiger partial charge is 0.217 e. The second-order valence-electron chi connectivity index (χ2n) is 23.9. The molecule has 0 radical (unpaired) electrons. The molecule has 93 heavy (non-hydrogen) atoms. The summed E-state index contributed by atoms with van der Waals surface area (Å²) >= 11 is 0. The third-order valence-corrected chi connectivity index (χ3v) is 17.4. The van der Waals surface area contributed by atoms with Gasteiger partial charge >= 0.3 is 0 Å². The van der Waals surface area contributed by atoms with E-state index in [1.165, 1.54) is 13.8 Å². The van der Waals surface area contributed by atoms with Crippen molar-refractivity contribution >= 4 is 11.8 Å². The van der Waals surface area contributed by atoms with Gasteiger partial charge in [-0.1, -0.05) is 0 Å². The van der Waals surface area contributed by atoms with E-state index in [1.807, 2.05) is 0 Å². The molecule has 0 aromatic rings. The number of rotatable bonds is 22. The van der Waals surface area contributed by atoms with E-state index in [4.69, 9.17) is 71.1 Å². The number of aliphatic hydroxyl groups excluding tert-OH is 22. The molecule has 0 aromatic carbocycles. The van der Waals surface area contributed by atoms with Gasteiger partial charge in [0.1, 0.15) is 183 Å². The largest absolute Gasteiger partial charge is 0.394 e. The first-order valence-electron chi connectivity index (χ1n) is 29.9. The first-order valence-corrected chi connectivity index (χ1v) is 29.9. The van der Waals surface area contributed by atoms with Gasteiger partial charge in [0.2, 0.25) is 11.8 Å². The molecule has 0 aromatic heterocycles. The van der Waals surface area contributed by atoms with Gasteiger partial charge in [-0.25, -0.2) is 0 Å². The predicted molar refractivity (Wildman–Crippen MR) is 285 cm³/mol. The number of hydrogen-bond donors (Lipinski definition) is 24. The van der Waals surface area contributed by atoms with Crippen LogP contribution in [-0.4, -0.2) is 409 Å². The Balaban J connectivity index is 1.16. The minimum atomic E-state index is -2.42. The highest BCUT2D eigenvalue weighted by Gasteiger charge is 2.60. The van der Waals surface area contributed by atoms with E-state index in [-0.39, 0.29) is 0 Å². The Kier molecular flexibility index (Phi) is 26.7. The minimum Gasteiger partial charge on any atom is -0.394 e. The second kappa shape index (κ2) is 32.6. The quantitative estimate of drug-likeness (QED) is 0.0479. The van der Waals surface area contributed by atoms with Gasteiger partial charge in [-0.2, -0.15) is 0 Å². The molecule has 8 rings (SSSR count). The Morgan fingerprint density at radius 1 is 0.301 bits per heavy atom. The molecule has 0 bridgehead atoms. The fourth-order valence-electron chi connectivity index (χ4n) is 12.1. The molecule has 41 nitrogen and oxygen atoms in total. The van der Waals surface area contributed by atoms with Crippen LogP contribution in [0.2, 0.25) is 0 Å². The van der Waals surface area contributed by atoms with Crippen LogP contribution in [0.1, 0.15) is 27.7 Å². The molecule has 8 heterocycles.